The standard InChI is InChI=1S/C12H7ClN2O2/c13-11-3-1-10(2-4-11)12(16)17-8-9(7-15)5-6-14/h1-4,8H,5H2/b9-8+. The number of halogens is 1. The van der Waals surface area contributed by atoms with Crippen molar-refractivity contribution in [3.8, 4) is 12.1 Å². The lowest BCUT2D eigenvalue weighted by Crippen LogP contribution is -2.00. The Kier molecular flexibility index (Phi) is 4.75. The van der Waals surface area contributed by atoms with Crippen LogP contribution in [0.4, 0.5) is 0 Å². The summed E-state index contributed by atoms with van der Waals surface area (Å²) >= 11 is 5.66. The highest BCUT2D eigenvalue weighted by molar-refractivity contribution is 6.30. The van der Waals surface area contributed by atoms with Gasteiger partial charge in [-0.05, 0) is 24.3 Å². The Morgan fingerprint density at radius 2 is 2.00 bits per heavy atom. The van der Waals surface area contributed by atoms with Gasteiger partial charge in [0.15, 0.2) is 0 Å². The van der Waals surface area contributed by atoms with Crippen LogP contribution in [0.1, 0.15) is 16.8 Å². The second-order valence-corrected chi connectivity index (χ2v) is 3.44. The highest BCUT2D eigenvalue weighted by Crippen LogP contribution is 2.11. The van der Waals surface area contributed by atoms with Gasteiger partial charge in [-0.25, -0.2) is 4.79 Å². The van der Waals surface area contributed by atoms with Crippen LogP contribution in [0, 0.1) is 22.7 Å². The largest absolute Gasteiger partial charge is 0.430 e. The van der Waals surface area contributed by atoms with Gasteiger partial charge in [0.2, 0.25) is 0 Å². The SMILES string of the molecule is N#CC/C(C#N)=C\OC(=O)c1ccc(Cl)cc1. The minimum Gasteiger partial charge on any atom is -0.430 e. The molecule has 0 aliphatic carbocycles. The smallest absolute Gasteiger partial charge is 0.342 e. The summed E-state index contributed by atoms with van der Waals surface area (Å²) in [6.45, 7) is 0. The number of nitrogens with zero attached hydrogens (tertiary/aromatic N) is 2. The van der Waals surface area contributed by atoms with Crippen molar-refractivity contribution in [2.75, 3.05) is 0 Å². The van der Waals surface area contributed by atoms with Gasteiger partial charge in [-0.15, -0.1) is 0 Å². The minimum absolute atomic E-state index is 0.0924. The molecule has 1 aromatic carbocycles. The Bertz CT molecular complexity index is 521. The fourth-order valence-electron chi connectivity index (χ4n) is 0.971. The molecule has 17 heavy (non-hydrogen) atoms. The summed E-state index contributed by atoms with van der Waals surface area (Å²) in [7, 11) is 0. The first-order chi connectivity index (χ1) is 8.17. The van der Waals surface area contributed by atoms with Crippen molar-refractivity contribution in [3.05, 3.63) is 46.7 Å². The molecule has 1 aromatic rings. The molecule has 1 rings (SSSR count). The van der Waals surface area contributed by atoms with Crippen LogP contribution in [-0.4, -0.2) is 5.97 Å². The number of hydrogen-bond donors (Lipinski definition) is 0. The molecule has 0 fully saturated rings. The molecule has 0 bridgehead atoms. The van der Waals surface area contributed by atoms with Gasteiger partial charge >= 0.3 is 5.97 Å². The summed E-state index contributed by atoms with van der Waals surface area (Å²) in [5, 5.41) is 17.5. The van der Waals surface area contributed by atoms with Crippen LogP contribution in [0.2, 0.25) is 5.02 Å². The zero-order valence-electron chi connectivity index (χ0n) is 8.68. The zero-order chi connectivity index (χ0) is 12.7. The second kappa shape index (κ2) is 6.32. The molecule has 0 saturated heterocycles. The number of ether oxygens (including phenoxy) is 1. The molecule has 0 aliphatic rings. The van der Waals surface area contributed by atoms with E-state index in [-0.39, 0.29) is 12.0 Å². The van der Waals surface area contributed by atoms with E-state index in [0.29, 0.717) is 10.6 Å². The van der Waals surface area contributed by atoms with Crippen molar-refractivity contribution < 1.29 is 9.53 Å². The first-order valence-electron chi connectivity index (χ1n) is 4.60. The van der Waals surface area contributed by atoms with E-state index in [4.69, 9.17) is 26.9 Å². The molecular formula is C12H7ClN2O2. The van der Waals surface area contributed by atoms with Crippen LogP contribution in [-0.2, 0) is 4.74 Å². The molecule has 0 unspecified atom stereocenters. The van der Waals surface area contributed by atoms with Gasteiger partial charge in [-0.1, -0.05) is 11.6 Å². The van der Waals surface area contributed by atoms with E-state index in [1.807, 2.05) is 0 Å². The summed E-state index contributed by atoms with van der Waals surface area (Å²) in [5.41, 5.74) is 0.412. The van der Waals surface area contributed by atoms with Gasteiger partial charge in [0.05, 0.1) is 29.7 Å². The van der Waals surface area contributed by atoms with Crippen molar-refractivity contribution >= 4 is 17.6 Å². The van der Waals surface area contributed by atoms with Gasteiger partial charge in [-0.2, -0.15) is 10.5 Å². The Morgan fingerprint density at radius 1 is 1.35 bits per heavy atom. The highest BCUT2D eigenvalue weighted by atomic mass is 35.5. The Hall–Kier alpha value is -2.30. The van der Waals surface area contributed by atoms with Crippen molar-refractivity contribution in [1.29, 1.82) is 10.5 Å². The quantitative estimate of drug-likeness (QED) is 0.467. The fourth-order valence-corrected chi connectivity index (χ4v) is 1.10. The van der Waals surface area contributed by atoms with E-state index in [1.165, 1.54) is 12.1 Å². The lowest BCUT2D eigenvalue weighted by atomic mass is 10.2. The minimum atomic E-state index is -0.604. The molecule has 4 nitrogen and oxygen atoms in total. The third kappa shape index (κ3) is 3.98. The van der Waals surface area contributed by atoms with E-state index in [9.17, 15) is 4.79 Å². The van der Waals surface area contributed by atoms with Crippen molar-refractivity contribution in [2.24, 2.45) is 0 Å². The third-order valence-corrected chi connectivity index (χ3v) is 2.05. The van der Waals surface area contributed by atoms with Crippen LogP contribution in [0.3, 0.4) is 0 Å². The van der Waals surface area contributed by atoms with E-state index < -0.39 is 5.97 Å². The maximum Gasteiger partial charge on any atom is 0.342 e. The van der Waals surface area contributed by atoms with Crippen LogP contribution in [0.25, 0.3) is 0 Å². The van der Waals surface area contributed by atoms with Crippen LogP contribution < -0.4 is 0 Å². The fraction of sp³-hybridized carbons (Fsp3) is 0.0833. The first kappa shape index (κ1) is 12.8. The van der Waals surface area contributed by atoms with Crippen LogP contribution in [0.5, 0.6) is 0 Å². The topological polar surface area (TPSA) is 73.9 Å². The molecule has 0 saturated carbocycles. The average molecular weight is 247 g/mol. The number of nitriles is 2. The number of esters is 1. The monoisotopic (exact) mass is 246 g/mol. The third-order valence-electron chi connectivity index (χ3n) is 1.80. The number of allylic oxidation sites excluding steroid dienone is 1. The predicted molar refractivity (Wildman–Crippen MR) is 60.8 cm³/mol. The number of rotatable bonds is 3. The zero-order valence-corrected chi connectivity index (χ0v) is 9.44. The molecule has 0 aliphatic heterocycles. The number of carbonyl (C=O) groups is 1. The number of benzene rings is 1. The van der Waals surface area contributed by atoms with Crippen molar-refractivity contribution in [3.63, 3.8) is 0 Å². The second-order valence-electron chi connectivity index (χ2n) is 3.00. The van der Waals surface area contributed by atoms with Crippen LogP contribution >= 0.6 is 11.6 Å². The average Bonchev–Trinajstić information content (AvgIpc) is 2.35. The van der Waals surface area contributed by atoms with Crippen LogP contribution in [0.15, 0.2) is 36.1 Å². The molecule has 84 valence electrons. The summed E-state index contributed by atoms with van der Waals surface area (Å²) in [5.74, 6) is -0.604. The Labute approximate surface area is 103 Å². The summed E-state index contributed by atoms with van der Waals surface area (Å²) in [6, 6.07) is 9.68. The van der Waals surface area contributed by atoms with Gasteiger partial charge in [-0.3, -0.25) is 0 Å². The number of hydrogen-bond acceptors (Lipinski definition) is 4. The molecule has 0 N–H and O–H groups in total. The molecule has 0 radical (unpaired) electrons. The molecule has 5 heteroatoms. The lowest BCUT2D eigenvalue weighted by molar-refractivity contribution is 0.0661. The van der Waals surface area contributed by atoms with E-state index >= 15 is 0 Å². The highest BCUT2D eigenvalue weighted by Gasteiger charge is 2.06. The molecular weight excluding hydrogens is 240 g/mol. The van der Waals surface area contributed by atoms with Crippen molar-refractivity contribution in [2.45, 2.75) is 6.42 Å². The van der Waals surface area contributed by atoms with E-state index in [1.54, 1.807) is 24.3 Å². The van der Waals surface area contributed by atoms with Crippen molar-refractivity contribution in [1.82, 2.24) is 0 Å². The lowest BCUT2D eigenvalue weighted by Gasteiger charge is -1.99. The number of carbonyl (C=O) groups excluding carboxylic acids is 1. The Balaban J connectivity index is 2.71. The predicted octanol–water partition coefficient (Wildman–Crippen LogP) is 2.82. The maximum absolute atomic E-state index is 11.5. The van der Waals surface area contributed by atoms with E-state index in [0.717, 1.165) is 6.26 Å². The molecule has 0 atom stereocenters. The van der Waals surface area contributed by atoms with Gasteiger partial charge in [0.1, 0.15) is 6.26 Å². The van der Waals surface area contributed by atoms with E-state index in [2.05, 4.69) is 0 Å². The summed E-state index contributed by atoms with van der Waals surface area (Å²) in [4.78, 5) is 11.5. The normalized spacial score (nSPS) is 10.2. The van der Waals surface area contributed by atoms with Gasteiger partial charge < -0.3 is 4.74 Å². The Morgan fingerprint density at radius 3 is 2.53 bits per heavy atom. The molecule has 0 heterocycles. The molecule has 0 amide bonds. The van der Waals surface area contributed by atoms with Gasteiger partial charge in [0.25, 0.3) is 0 Å². The molecule has 0 aromatic heterocycles. The van der Waals surface area contributed by atoms with Gasteiger partial charge in [0, 0.05) is 5.02 Å². The summed E-state index contributed by atoms with van der Waals surface area (Å²) in [6.07, 6.45) is 0.893. The summed E-state index contributed by atoms with van der Waals surface area (Å²) < 4.78 is 4.76. The molecule has 0 spiro atoms. The first-order valence-corrected chi connectivity index (χ1v) is 4.98. The maximum atomic E-state index is 11.5.